The number of nitrogens with zero attached hydrogens (tertiary/aromatic N) is 1. The van der Waals surface area contributed by atoms with Crippen LogP contribution in [0.3, 0.4) is 0 Å². The molecule has 1 fully saturated rings. The molecule has 1 heterocycles. The molecule has 1 unspecified atom stereocenters. The number of likely N-dealkylation sites (tertiary alicyclic amines) is 1. The lowest BCUT2D eigenvalue weighted by molar-refractivity contribution is -0.143. The minimum atomic E-state index is -0.0985. The molecule has 0 bridgehead atoms. The van der Waals surface area contributed by atoms with E-state index in [1.165, 1.54) is 6.42 Å². The zero-order valence-corrected chi connectivity index (χ0v) is 11.0. The van der Waals surface area contributed by atoms with Crippen LogP contribution < -0.4 is 5.73 Å². The standard InChI is InChI=1S/C13H26N2O/c1-4-7-8-11(5-2)12(16)15-9-13(14,6-3)10-15/h11H,4-10,14H2,1-3H3. The SMILES string of the molecule is CCCCC(CC)C(=O)N1CC(N)(CC)C1. The first-order chi connectivity index (χ1) is 7.56. The monoisotopic (exact) mass is 226 g/mol. The lowest BCUT2D eigenvalue weighted by Crippen LogP contribution is -2.68. The van der Waals surface area contributed by atoms with Crippen molar-refractivity contribution in [3.8, 4) is 0 Å². The molecule has 0 aromatic carbocycles. The minimum Gasteiger partial charge on any atom is -0.339 e. The molecule has 3 nitrogen and oxygen atoms in total. The van der Waals surface area contributed by atoms with E-state index in [0.717, 1.165) is 38.8 Å². The first-order valence-corrected chi connectivity index (χ1v) is 6.64. The molecular formula is C13H26N2O. The number of unbranched alkanes of at least 4 members (excludes halogenated alkanes) is 1. The zero-order valence-electron chi connectivity index (χ0n) is 11.0. The van der Waals surface area contributed by atoms with E-state index in [2.05, 4.69) is 20.8 Å². The fraction of sp³-hybridized carbons (Fsp3) is 0.923. The number of carbonyl (C=O) groups is 1. The third-order valence-corrected chi connectivity index (χ3v) is 3.78. The molecule has 1 amide bonds. The van der Waals surface area contributed by atoms with Crippen molar-refractivity contribution in [2.75, 3.05) is 13.1 Å². The van der Waals surface area contributed by atoms with Crippen molar-refractivity contribution in [2.45, 2.75) is 58.4 Å². The van der Waals surface area contributed by atoms with Crippen molar-refractivity contribution in [3.63, 3.8) is 0 Å². The van der Waals surface area contributed by atoms with Gasteiger partial charge in [0.25, 0.3) is 0 Å². The Bertz CT molecular complexity index is 234. The Morgan fingerprint density at radius 2 is 2.00 bits per heavy atom. The van der Waals surface area contributed by atoms with Gasteiger partial charge in [-0.2, -0.15) is 0 Å². The topological polar surface area (TPSA) is 46.3 Å². The molecular weight excluding hydrogens is 200 g/mol. The number of amides is 1. The summed E-state index contributed by atoms with van der Waals surface area (Å²) in [6.07, 6.45) is 5.27. The van der Waals surface area contributed by atoms with E-state index in [9.17, 15) is 4.79 Å². The third-order valence-electron chi connectivity index (χ3n) is 3.78. The lowest BCUT2D eigenvalue weighted by atomic mass is 9.86. The zero-order chi connectivity index (χ0) is 12.2. The summed E-state index contributed by atoms with van der Waals surface area (Å²) in [5, 5.41) is 0. The molecule has 0 aromatic rings. The first kappa shape index (κ1) is 13.5. The Hall–Kier alpha value is -0.570. The molecule has 0 aliphatic carbocycles. The van der Waals surface area contributed by atoms with Gasteiger partial charge in [-0.1, -0.05) is 33.6 Å². The van der Waals surface area contributed by atoms with Gasteiger partial charge >= 0.3 is 0 Å². The van der Waals surface area contributed by atoms with Crippen LogP contribution in [0.2, 0.25) is 0 Å². The van der Waals surface area contributed by atoms with Crippen molar-refractivity contribution in [2.24, 2.45) is 11.7 Å². The van der Waals surface area contributed by atoms with Gasteiger partial charge < -0.3 is 10.6 Å². The second kappa shape index (κ2) is 5.67. The van der Waals surface area contributed by atoms with E-state index < -0.39 is 0 Å². The second-order valence-corrected chi connectivity index (χ2v) is 5.16. The maximum absolute atomic E-state index is 12.1. The number of carbonyl (C=O) groups excluding carboxylic acids is 1. The van der Waals surface area contributed by atoms with Crippen LogP contribution in [0.5, 0.6) is 0 Å². The quantitative estimate of drug-likeness (QED) is 0.754. The second-order valence-electron chi connectivity index (χ2n) is 5.16. The van der Waals surface area contributed by atoms with Gasteiger partial charge in [0.05, 0.1) is 5.54 Å². The van der Waals surface area contributed by atoms with Crippen LogP contribution in [-0.2, 0) is 4.79 Å². The van der Waals surface area contributed by atoms with Gasteiger partial charge in [-0.05, 0) is 19.3 Å². The molecule has 1 aliphatic rings. The van der Waals surface area contributed by atoms with Gasteiger partial charge in [-0.3, -0.25) is 4.79 Å². The average molecular weight is 226 g/mol. The van der Waals surface area contributed by atoms with E-state index in [1.54, 1.807) is 0 Å². The van der Waals surface area contributed by atoms with Crippen LogP contribution in [0.15, 0.2) is 0 Å². The highest BCUT2D eigenvalue weighted by atomic mass is 16.2. The van der Waals surface area contributed by atoms with Gasteiger partial charge in [0.2, 0.25) is 5.91 Å². The van der Waals surface area contributed by atoms with Crippen LogP contribution in [0.25, 0.3) is 0 Å². The number of hydrogen-bond donors (Lipinski definition) is 1. The summed E-state index contributed by atoms with van der Waals surface area (Å²) in [6, 6.07) is 0. The van der Waals surface area contributed by atoms with E-state index in [0.29, 0.717) is 5.91 Å². The summed E-state index contributed by atoms with van der Waals surface area (Å²) in [5.41, 5.74) is 5.98. The summed E-state index contributed by atoms with van der Waals surface area (Å²) in [7, 11) is 0. The fourth-order valence-electron chi connectivity index (χ4n) is 2.30. The minimum absolute atomic E-state index is 0.0985. The van der Waals surface area contributed by atoms with Crippen molar-refractivity contribution in [1.29, 1.82) is 0 Å². The maximum Gasteiger partial charge on any atom is 0.225 e. The van der Waals surface area contributed by atoms with Crippen LogP contribution in [0.1, 0.15) is 52.9 Å². The molecule has 0 radical (unpaired) electrons. The van der Waals surface area contributed by atoms with Gasteiger partial charge in [0.15, 0.2) is 0 Å². The van der Waals surface area contributed by atoms with Gasteiger partial charge in [0, 0.05) is 19.0 Å². The Kier molecular flexibility index (Phi) is 4.78. The molecule has 1 saturated heterocycles. The number of nitrogens with two attached hydrogens (primary N) is 1. The van der Waals surface area contributed by atoms with Crippen LogP contribution in [0.4, 0.5) is 0 Å². The summed E-state index contributed by atoms with van der Waals surface area (Å²) < 4.78 is 0. The van der Waals surface area contributed by atoms with Gasteiger partial charge in [-0.15, -0.1) is 0 Å². The molecule has 3 heteroatoms. The highest BCUT2D eigenvalue weighted by Gasteiger charge is 2.41. The molecule has 1 atom stereocenters. The third kappa shape index (κ3) is 2.97. The summed E-state index contributed by atoms with van der Waals surface area (Å²) >= 11 is 0. The predicted molar refractivity (Wildman–Crippen MR) is 67.1 cm³/mol. The smallest absolute Gasteiger partial charge is 0.225 e. The van der Waals surface area contributed by atoms with Crippen LogP contribution in [-0.4, -0.2) is 29.4 Å². The van der Waals surface area contributed by atoms with Crippen molar-refractivity contribution in [3.05, 3.63) is 0 Å². The maximum atomic E-state index is 12.1. The normalized spacial score (nSPS) is 20.4. The first-order valence-electron chi connectivity index (χ1n) is 6.64. The summed E-state index contributed by atoms with van der Waals surface area (Å²) in [6.45, 7) is 7.88. The number of rotatable bonds is 6. The molecule has 1 aliphatic heterocycles. The van der Waals surface area contributed by atoms with Gasteiger partial charge in [0.1, 0.15) is 0 Å². The Labute approximate surface area is 99.4 Å². The highest BCUT2D eigenvalue weighted by molar-refractivity contribution is 5.80. The molecule has 1 rings (SSSR count). The molecule has 0 spiro atoms. The summed E-state index contributed by atoms with van der Waals surface area (Å²) in [4.78, 5) is 14.1. The molecule has 2 N–H and O–H groups in total. The van der Waals surface area contributed by atoms with Crippen LogP contribution in [0, 0.1) is 5.92 Å². The molecule has 0 saturated carbocycles. The van der Waals surface area contributed by atoms with Gasteiger partial charge in [-0.25, -0.2) is 0 Å². The Balaban J connectivity index is 2.39. The largest absolute Gasteiger partial charge is 0.339 e. The lowest BCUT2D eigenvalue weighted by Gasteiger charge is -2.48. The highest BCUT2D eigenvalue weighted by Crippen LogP contribution is 2.25. The molecule has 16 heavy (non-hydrogen) atoms. The van der Waals surface area contributed by atoms with Crippen molar-refractivity contribution < 1.29 is 4.79 Å². The Morgan fingerprint density at radius 3 is 2.44 bits per heavy atom. The Morgan fingerprint density at radius 1 is 1.38 bits per heavy atom. The number of hydrogen-bond acceptors (Lipinski definition) is 2. The van der Waals surface area contributed by atoms with Crippen LogP contribution >= 0.6 is 0 Å². The van der Waals surface area contributed by atoms with E-state index in [-0.39, 0.29) is 11.5 Å². The van der Waals surface area contributed by atoms with E-state index >= 15 is 0 Å². The molecule has 94 valence electrons. The van der Waals surface area contributed by atoms with E-state index in [1.807, 2.05) is 4.90 Å². The summed E-state index contributed by atoms with van der Waals surface area (Å²) in [5.74, 6) is 0.548. The van der Waals surface area contributed by atoms with E-state index in [4.69, 9.17) is 5.73 Å². The predicted octanol–water partition coefficient (Wildman–Crippen LogP) is 2.15. The van der Waals surface area contributed by atoms with Crippen molar-refractivity contribution >= 4 is 5.91 Å². The fourth-order valence-corrected chi connectivity index (χ4v) is 2.30. The molecule has 0 aromatic heterocycles. The van der Waals surface area contributed by atoms with Crippen molar-refractivity contribution in [1.82, 2.24) is 4.90 Å². The average Bonchev–Trinajstić information content (AvgIpc) is 2.25.